The molecular formula is C7H5BrF2INO. The van der Waals surface area contributed by atoms with Crippen LogP contribution in [0.5, 0.6) is 0 Å². The van der Waals surface area contributed by atoms with Crippen LogP contribution in [0.3, 0.4) is 0 Å². The molecule has 0 aliphatic heterocycles. The van der Waals surface area contributed by atoms with Crippen LogP contribution in [0.2, 0.25) is 0 Å². The van der Waals surface area contributed by atoms with E-state index in [9.17, 15) is 13.6 Å². The van der Waals surface area contributed by atoms with Crippen LogP contribution in [0.15, 0.2) is 10.9 Å². The Bertz CT molecular complexity index is 366. The van der Waals surface area contributed by atoms with Gasteiger partial charge < -0.3 is 4.98 Å². The Morgan fingerprint density at radius 1 is 1.62 bits per heavy atom. The summed E-state index contributed by atoms with van der Waals surface area (Å²) in [5.74, 6) is 0. The van der Waals surface area contributed by atoms with Crippen molar-refractivity contribution in [1.29, 1.82) is 0 Å². The second kappa shape index (κ2) is 4.50. The molecule has 0 unspecified atom stereocenters. The highest BCUT2D eigenvalue weighted by molar-refractivity contribution is 14.1. The molecule has 0 saturated carbocycles. The third-order valence-corrected chi connectivity index (χ3v) is 2.99. The number of hydrogen-bond donors (Lipinski definition) is 1. The monoisotopic (exact) mass is 363 g/mol. The third-order valence-electron chi connectivity index (χ3n) is 1.47. The highest BCUT2D eigenvalue weighted by Gasteiger charge is 2.12. The van der Waals surface area contributed by atoms with Gasteiger partial charge in [0.25, 0.3) is 12.0 Å². The first-order valence-corrected chi connectivity index (χ1v) is 5.52. The molecule has 0 spiro atoms. The van der Waals surface area contributed by atoms with Gasteiger partial charge in [0.1, 0.15) is 0 Å². The Morgan fingerprint density at radius 3 is 2.62 bits per heavy atom. The molecule has 1 heterocycles. The maximum Gasteiger partial charge on any atom is 0.278 e. The van der Waals surface area contributed by atoms with E-state index in [2.05, 4.69) is 20.9 Å². The van der Waals surface area contributed by atoms with Crippen LogP contribution in [0, 0.1) is 3.57 Å². The summed E-state index contributed by atoms with van der Waals surface area (Å²) in [6, 6.07) is 1.28. The van der Waals surface area contributed by atoms with Crippen molar-refractivity contribution < 1.29 is 8.78 Å². The number of nitrogens with one attached hydrogen (secondary N) is 1. The second-order valence-electron chi connectivity index (χ2n) is 2.31. The maximum atomic E-state index is 12.2. The molecule has 0 atom stereocenters. The summed E-state index contributed by atoms with van der Waals surface area (Å²) in [5.41, 5.74) is -0.317. The first-order chi connectivity index (χ1) is 6.06. The summed E-state index contributed by atoms with van der Waals surface area (Å²) in [6.07, 6.45) is -2.63. The molecule has 0 saturated heterocycles. The van der Waals surface area contributed by atoms with E-state index < -0.39 is 12.0 Å². The topological polar surface area (TPSA) is 32.9 Å². The van der Waals surface area contributed by atoms with Crippen molar-refractivity contribution >= 4 is 38.5 Å². The molecule has 1 rings (SSSR count). The summed E-state index contributed by atoms with van der Waals surface area (Å²) < 4.78 is 24.9. The van der Waals surface area contributed by atoms with E-state index in [1.54, 1.807) is 0 Å². The van der Waals surface area contributed by atoms with Gasteiger partial charge in [-0.3, -0.25) is 4.79 Å². The lowest BCUT2D eigenvalue weighted by atomic mass is 10.3. The largest absolute Gasteiger partial charge is 0.321 e. The van der Waals surface area contributed by atoms with Crippen LogP contribution < -0.4 is 5.56 Å². The van der Waals surface area contributed by atoms with Gasteiger partial charge in [0.2, 0.25) is 0 Å². The van der Waals surface area contributed by atoms with Crippen molar-refractivity contribution in [3.8, 4) is 0 Å². The van der Waals surface area contributed by atoms with Gasteiger partial charge in [-0.25, -0.2) is 8.78 Å². The number of hydrogen-bond acceptors (Lipinski definition) is 1. The van der Waals surface area contributed by atoms with Crippen molar-refractivity contribution in [2.75, 3.05) is 0 Å². The van der Waals surface area contributed by atoms with E-state index in [4.69, 9.17) is 0 Å². The molecule has 0 aromatic carbocycles. The number of aromatic amines is 1. The molecule has 1 N–H and O–H groups in total. The molecule has 72 valence electrons. The standard InChI is InChI=1S/C7H5BrF2INO/c8-2-3-4(11)1-5(6(9)10)12-7(3)13/h1,6H,2H2,(H,12,13). The second-order valence-corrected chi connectivity index (χ2v) is 4.04. The minimum Gasteiger partial charge on any atom is -0.321 e. The lowest BCUT2D eigenvalue weighted by molar-refractivity contribution is 0.145. The fourth-order valence-electron chi connectivity index (χ4n) is 0.817. The van der Waals surface area contributed by atoms with Crippen LogP contribution >= 0.6 is 38.5 Å². The third kappa shape index (κ3) is 2.49. The first-order valence-electron chi connectivity index (χ1n) is 3.32. The zero-order valence-corrected chi connectivity index (χ0v) is 10.0. The number of pyridine rings is 1. The van der Waals surface area contributed by atoms with Crippen molar-refractivity contribution in [3.05, 3.63) is 31.2 Å². The fourth-order valence-corrected chi connectivity index (χ4v) is 2.67. The Hall–Kier alpha value is 0.0200. The number of rotatable bonds is 2. The van der Waals surface area contributed by atoms with Crippen molar-refractivity contribution in [2.24, 2.45) is 0 Å². The lowest BCUT2D eigenvalue weighted by Crippen LogP contribution is -2.15. The minimum absolute atomic E-state index is 0.334. The van der Waals surface area contributed by atoms with Crippen molar-refractivity contribution in [3.63, 3.8) is 0 Å². The Kier molecular flexibility index (Phi) is 3.84. The average Bonchev–Trinajstić information content (AvgIpc) is 2.03. The van der Waals surface area contributed by atoms with Crippen LogP contribution in [-0.2, 0) is 5.33 Å². The number of alkyl halides is 3. The Balaban J connectivity index is 3.29. The van der Waals surface area contributed by atoms with Gasteiger partial charge in [0, 0.05) is 14.5 Å². The van der Waals surface area contributed by atoms with Crippen LogP contribution in [0.25, 0.3) is 0 Å². The van der Waals surface area contributed by atoms with E-state index in [1.807, 2.05) is 22.6 Å². The first kappa shape index (κ1) is 11.1. The normalized spacial score (nSPS) is 10.8. The number of aromatic nitrogens is 1. The smallest absolute Gasteiger partial charge is 0.278 e. The molecule has 0 radical (unpaired) electrons. The summed E-state index contributed by atoms with van der Waals surface area (Å²) in [6.45, 7) is 0. The quantitative estimate of drug-likeness (QED) is 0.636. The van der Waals surface area contributed by atoms with E-state index in [0.29, 0.717) is 14.5 Å². The molecule has 1 aromatic heterocycles. The number of H-pyrrole nitrogens is 1. The molecule has 0 fully saturated rings. The molecule has 2 nitrogen and oxygen atoms in total. The summed E-state index contributed by atoms with van der Waals surface area (Å²) >= 11 is 4.97. The van der Waals surface area contributed by atoms with Crippen molar-refractivity contribution in [1.82, 2.24) is 4.98 Å². The van der Waals surface area contributed by atoms with Gasteiger partial charge in [0.05, 0.1) is 5.69 Å². The maximum absolute atomic E-state index is 12.2. The SMILES string of the molecule is O=c1[nH]c(C(F)F)cc(I)c1CBr. The van der Waals surface area contributed by atoms with Crippen LogP contribution in [0.4, 0.5) is 8.78 Å². The minimum atomic E-state index is -2.63. The molecule has 0 amide bonds. The molecule has 0 aliphatic rings. The van der Waals surface area contributed by atoms with E-state index in [0.717, 1.165) is 0 Å². The molecule has 13 heavy (non-hydrogen) atoms. The van der Waals surface area contributed by atoms with Gasteiger partial charge in [0.15, 0.2) is 0 Å². The zero-order valence-electron chi connectivity index (χ0n) is 6.28. The van der Waals surface area contributed by atoms with Gasteiger partial charge in [-0.05, 0) is 28.7 Å². The lowest BCUT2D eigenvalue weighted by Gasteiger charge is -2.03. The molecule has 0 aliphatic carbocycles. The van der Waals surface area contributed by atoms with E-state index >= 15 is 0 Å². The Morgan fingerprint density at radius 2 is 2.23 bits per heavy atom. The van der Waals surface area contributed by atoms with Crippen LogP contribution in [0.1, 0.15) is 17.7 Å². The van der Waals surface area contributed by atoms with Gasteiger partial charge in [-0.1, -0.05) is 15.9 Å². The Labute approximate surface area is 95.0 Å². The van der Waals surface area contributed by atoms with Gasteiger partial charge in [-0.15, -0.1) is 0 Å². The summed E-state index contributed by atoms with van der Waals surface area (Å²) in [5, 5.41) is 0.365. The average molecular weight is 364 g/mol. The predicted molar refractivity (Wildman–Crippen MR) is 57.4 cm³/mol. The van der Waals surface area contributed by atoms with E-state index in [-0.39, 0.29) is 5.69 Å². The van der Waals surface area contributed by atoms with Crippen molar-refractivity contribution in [2.45, 2.75) is 11.8 Å². The molecular weight excluding hydrogens is 359 g/mol. The van der Waals surface area contributed by atoms with Gasteiger partial charge >= 0.3 is 0 Å². The highest BCUT2D eigenvalue weighted by Crippen LogP contribution is 2.19. The molecule has 6 heteroatoms. The molecule has 1 aromatic rings. The van der Waals surface area contributed by atoms with Crippen LogP contribution in [-0.4, -0.2) is 4.98 Å². The summed E-state index contributed by atoms with van der Waals surface area (Å²) in [7, 11) is 0. The fraction of sp³-hybridized carbons (Fsp3) is 0.286. The summed E-state index contributed by atoms with van der Waals surface area (Å²) in [4.78, 5) is 13.3. The zero-order chi connectivity index (χ0) is 10.0. The number of halogens is 4. The van der Waals surface area contributed by atoms with E-state index in [1.165, 1.54) is 6.07 Å². The predicted octanol–water partition coefficient (Wildman–Crippen LogP) is 2.81. The molecule has 0 bridgehead atoms. The van der Waals surface area contributed by atoms with Gasteiger partial charge in [-0.2, -0.15) is 0 Å². The highest BCUT2D eigenvalue weighted by atomic mass is 127.